The number of nitrogens with zero attached hydrogens (tertiary/aromatic N) is 2. The SMILES string of the molecule is CCN(CC)c1ccc(CNC(C)(C)C)cc1C#N. The fraction of sp³-hybridized carbons (Fsp3) is 0.562. The van der Waals surface area contributed by atoms with Crippen LogP contribution < -0.4 is 10.2 Å². The third kappa shape index (κ3) is 4.57. The maximum Gasteiger partial charge on any atom is 0.101 e. The number of hydrogen-bond acceptors (Lipinski definition) is 3. The van der Waals surface area contributed by atoms with E-state index in [9.17, 15) is 5.26 Å². The summed E-state index contributed by atoms with van der Waals surface area (Å²) < 4.78 is 0. The van der Waals surface area contributed by atoms with Gasteiger partial charge in [-0.15, -0.1) is 0 Å². The molecule has 0 aromatic heterocycles. The van der Waals surface area contributed by atoms with Gasteiger partial charge < -0.3 is 10.2 Å². The summed E-state index contributed by atoms with van der Waals surface area (Å²) in [6.07, 6.45) is 0. The van der Waals surface area contributed by atoms with Crippen molar-refractivity contribution in [1.82, 2.24) is 5.32 Å². The van der Waals surface area contributed by atoms with Crippen molar-refractivity contribution < 1.29 is 0 Å². The molecule has 0 fully saturated rings. The average Bonchev–Trinajstić information content (AvgIpc) is 2.37. The Morgan fingerprint density at radius 3 is 2.32 bits per heavy atom. The van der Waals surface area contributed by atoms with E-state index in [1.807, 2.05) is 6.07 Å². The van der Waals surface area contributed by atoms with Crippen molar-refractivity contribution in [2.75, 3.05) is 18.0 Å². The maximum atomic E-state index is 9.31. The van der Waals surface area contributed by atoms with Crippen LogP contribution in [-0.4, -0.2) is 18.6 Å². The van der Waals surface area contributed by atoms with Gasteiger partial charge in [0, 0.05) is 25.2 Å². The van der Waals surface area contributed by atoms with Crippen molar-refractivity contribution >= 4 is 5.69 Å². The van der Waals surface area contributed by atoms with E-state index in [2.05, 4.69) is 63.0 Å². The normalized spacial score (nSPS) is 11.2. The molecule has 0 spiro atoms. The van der Waals surface area contributed by atoms with Crippen LogP contribution in [0, 0.1) is 11.3 Å². The molecule has 104 valence electrons. The van der Waals surface area contributed by atoms with E-state index >= 15 is 0 Å². The fourth-order valence-electron chi connectivity index (χ4n) is 1.99. The number of nitriles is 1. The summed E-state index contributed by atoms with van der Waals surface area (Å²) in [4.78, 5) is 2.21. The second-order valence-corrected chi connectivity index (χ2v) is 5.74. The molecule has 3 heteroatoms. The van der Waals surface area contributed by atoms with Gasteiger partial charge in [0.2, 0.25) is 0 Å². The Labute approximate surface area is 117 Å². The Morgan fingerprint density at radius 2 is 1.84 bits per heavy atom. The molecule has 0 radical (unpaired) electrons. The van der Waals surface area contributed by atoms with Crippen molar-refractivity contribution in [1.29, 1.82) is 5.26 Å². The topological polar surface area (TPSA) is 39.1 Å². The van der Waals surface area contributed by atoms with E-state index in [-0.39, 0.29) is 5.54 Å². The number of nitrogens with one attached hydrogen (secondary N) is 1. The van der Waals surface area contributed by atoms with Crippen LogP contribution in [0.25, 0.3) is 0 Å². The summed E-state index contributed by atoms with van der Waals surface area (Å²) in [7, 11) is 0. The first-order valence-corrected chi connectivity index (χ1v) is 6.94. The van der Waals surface area contributed by atoms with Gasteiger partial charge in [-0.25, -0.2) is 0 Å². The van der Waals surface area contributed by atoms with Crippen molar-refractivity contribution in [2.24, 2.45) is 0 Å². The third-order valence-corrected chi connectivity index (χ3v) is 3.11. The molecule has 0 aliphatic rings. The second-order valence-electron chi connectivity index (χ2n) is 5.74. The molecule has 1 aromatic rings. The molecule has 0 heterocycles. The van der Waals surface area contributed by atoms with Crippen molar-refractivity contribution in [3.8, 4) is 6.07 Å². The summed E-state index contributed by atoms with van der Waals surface area (Å²) in [5, 5.41) is 12.8. The van der Waals surface area contributed by atoms with Crippen LogP contribution in [0.2, 0.25) is 0 Å². The van der Waals surface area contributed by atoms with Gasteiger partial charge in [0.1, 0.15) is 6.07 Å². The molecular formula is C16H25N3. The lowest BCUT2D eigenvalue weighted by molar-refractivity contribution is 0.424. The molecule has 1 aromatic carbocycles. The molecule has 19 heavy (non-hydrogen) atoms. The van der Waals surface area contributed by atoms with E-state index in [1.165, 1.54) is 0 Å². The first-order chi connectivity index (χ1) is 8.91. The first-order valence-electron chi connectivity index (χ1n) is 6.94. The predicted molar refractivity (Wildman–Crippen MR) is 81.3 cm³/mol. The molecular weight excluding hydrogens is 234 g/mol. The van der Waals surface area contributed by atoms with Gasteiger partial charge in [0.15, 0.2) is 0 Å². The lowest BCUT2D eigenvalue weighted by atomic mass is 10.1. The highest BCUT2D eigenvalue weighted by atomic mass is 15.1. The van der Waals surface area contributed by atoms with Crippen LogP contribution >= 0.6 is 0 Å². The molecule has 3 nitrogen and oxygen atoms in total. The van der Waals surface area contributed by atoms with Crippen LogP contribution in [0.15, 0.2) is 18.2 Å². The number of rotatable bonds is 5. The summed E-state index contributed by atoms with van der Waals surface area (Å²) in [6, 6.07) is 8.47. The Balaban J connectivity index is 2.93. The molecule has 0 atom stereocenters. The lowest BCUT2D eigenvalue weighted by Gasteiger charge is -2.24. The monoisotopic (exact) mass is 259 g/mol. The van der Waals surface area contributed by atoms with Gasteiger partial charge in [-0.2, -0.15) is 5.26 Å². The molecule has 0 unspecified atom stereocenters. The Morgan fingerprint density at radius 1 is 1.21 bits per heavy atom. The Bertz CT molecular complexity index is 448. The van der Waals surface area contributed by atoms with Crippen molar-refractivity contribution in [3.05, 3.63) is 29.3 Å². The zero-order chi connectivity index (χ0) is 14.5. The van der Waals surface area contributed by atoms with Crippen LogP contribution in [0.1, 0.15) is 45.7 Å². The van der Waals surface area contributed by atoms with Gasteiger partial charge in [0.25, 0.3) is 0 Å². The van der Waals surface area contributed by atoms with E-state index < -0.39 is 0 Å². The summed E-state index contributed by atoms with van der Waals surface area (Å²) >= 11 is 0. The summed E-state index contributed by atoms with van der Waals surface area (Å²) in [5.41, 5.74) is 3.04. The maximum absolute atomic E-state index is 9.31. The highest BCUT2D eigenvalue weighted by Gasteiger charge is 2.11. The van der Waals surface area contributed by atoms with Gasteiger partial charge in [-0.05, 0) is 52.3 Å². The largest absolute Gasteiger partial charge is 0.371 e. The molecule has 0 saturated carbocycles. The second kappa shape index (κ2) is 6.58. The van der Waals surface area contributed by atoms with Gasteiger partial charge in [-0.1, -0.05) is 6.07 Å². The number of hydrogen-bond donors (Lipinski definition) is 1. The molecule has 1 rings (SSSR count). The van der Waals surface area contributed by atoms with E-state index in [1.54, 1.807) is 0 Å². The predicted octanol–water partition coefficient (Wildman–Crippen LogP) is 3.29. The van der Waals surface area contributed by atoms with Crippen LogP contribution in [0.4, 0.5) is 5.69 Å². The fourth-order valence-corrected chi connectivity index (χ4v) is 1.99. The Kier molecular flexibility index (Phi) is 5.38. The minimum absolute atomic E-state index is 0.0876. The smallest absolute Gasteiger partial charge is 0.101 e. The molecule has 0 amide bonds. The molecule has 0 bridgehead atoms. The van der Waals surface area contributed by atoms with Gasteiger partial charge >= 0.3 is 0 Å². The number of anilines is 1. The molecule has 0 saturated heterocycles. The highest BCUT2D eigenvalue weighted by Crippen LogP contribution is 2.21. The summed E-state index contributed by atoms with van der Waals surface area (Å²) in [5.74, 6) is 0. The first kappa shape index (κ1) is 15.5. The van der Waals surface area contributed by atoms with Crippen molar-refractivity contribution in [2.45, 2.75) is 46.7 Å². The van der Waals surface area contributed by atoms with Gasteiger partial charge in [-0.3, -0.25) is 0 Å². The van der Waals surface area contributed by atoms with Crippen molar-refractivity contribution in [3.63, 3.8) is 0 Å². The highest BCUT2D eigenvalue weighted by molar-refractivity contribution is 5.60. The quantitative estimate of drug-likeness (QED) is 0.882. The average molecular weight is 259 g/mol. The summed E-state index contributed by atoms with van der Waals surface area (Å²) in [6.45, 7) is 13.3. The molecule has 1 N–H and O–H groups in total. The zero-order valence-corrected chi connectivity index (χ0v) is 12.7. The lowest BCUT2D eigenvalue weighted by Crippen LogP contribution is -2.35. The minimum atomic E-state index is 0.0876. The molecule has 0 aliphatic heterocycles. The van der Waals surface area contributed by atoms with E-state index in [0.29, 0.717) is 0 Å². The molecule has 0 aliphatic carbocycles. The van der Waals surface area contributed by atoms with E-state index in [4.69, 9.17) is 0 Å². The van der Waals surface area contributed by atoms with Gasteiger partial charge in [0.05, 0.1) is 11.3 Å². The van der Waals surface area contributed by atoms with E-state index in [0.717, 1.165) is 36.4 Å². The number of benzene rings is 1. The minimum Gasteiger partial charge on any atom is -0.371 e. The standard InChI is InChI=1S/C16H25N3/c1-6-19(7-2)15-9-8-13(10-14(15)11-17)12-18-16(3,4)5/h8-10,18H,6-7,12H2,1-5H3. The van der Waals surface area contributed by atoms with Crippen LogP contribution in [0.3, 0.4) is 0 Å². The van der Waals surface area contributed by atoms with Crippen LogP contribution in [-0.2, 0) is 6.54 Å². The zero-order valence-electron chi connectivity index (χ0n) is 12.7. The Hall–Kier alpha value is -1.53. The third-order valence-electron chi connectivity index (χ3n) is 3.11. The van der Waals surface area contributed by atoms with Crippen LogP contribution in [0.5, 0.6) is 0 Å².